The first-order chi connectivity index (χ1) is 4.83. The molecule has 0 amide bonds. The van der Waals surface area contributed by atoms with E-state index in [1.54, 1.807) is 0 Å². The fourth-order valence-corrected chi connectivity index (χ4v) is 0.478. The zero-order chi connectivity index (χ0) is 8.24. The summed E-state index contributed by atoms with van der Waals surface area (Å²) in [7, 11) is 0. The zero-order valence-corrected chi connectivity index (χ0v) is 7.66. The van der Waals surface area contributed by atoms with Crippen LogP contribution in [0, 0.1) is 0 Å². The van der Waals surface area contributed by atoms with Crippen LogP contribution in [0.5, 0.6) is 0 Å². The zero-order valence-electron chi connectivity index (χ0n) is 6.90. The number of halogens is 1. The summed E-state index contributed by atoms with van der Waals surface area (Å²) >= 11 is 5.00. The molecule has 62 valence electrons. The molecule has 0 spiro atoms. The molecular weight excluding hydrogens is 148 g/mol. The van der Waals surface area contributed by atoms with Crippen LogP contribution in [-0.4, -0.2) is 12.2 Å². The normalized spacial score (nSPS) is 7.90. The summed E-state index contributed by atoms with van der Waals surface area (Å²) in [5, 5.41) is 0. The first-order valence-corrected chi connectivity index (χ1v) is 4.36. The van der Waals surface area contributed by atoms with Gasteiger partial charge in [0.1, 0.15) is 6.29 Å². The highest BCUT2D eigenvalue weighted by atomic mass is 35.5. The Morgan fingerprint density at radius 3 is 2.10 bits per heavy atom. The highest BCUT2D eigenvalue weighted by Crippen LogP contribution is 1.94. The molecule has 0 aromatic carbocycles. The van der Waals surface area contributed by atoms with Gasteiger partial charge in [0.2, 0.25) is 0 Å². The Hall–Kier alpha value is -0.0400. The van der Waals surface area contributed by atoms with Gasteiger partial charge in [-0.1, -0.05) is 26.7 Å². The van der Waals surface area contributed by atoms with Crippen LogP contribution < -0.4 is 0 Å². The van der Waals surface area contributed by atoms with Crippen LogP contribution >= 0.6 is 11.6 Å². The van der Waals surface area contributed by atoms with Crippen LogP contribution in [0.3, 0.4) is 0 Å². The Bertz CT molecular complexity index is 55.2. The summed E-state index contributed by atoms with van der Waals surface area (Å²) in [6.07, 6.45) is 5.19. The molecule has 0 atom stereocenters. The molecule has 0 radical (unpaired) electrons. The maximum atomic E-state index is 9.68. The maximum Gasteiger partial charge on any atom is 0.119 e. The van der Waals surface area contributed by atoms with Crippen molar-refractivity contribution in [2.45, 2.75) is 39.5 Å². The summed E-state index contributed by atoms with van der Waals surface area (Å²) in [5.41, 5.74) is 0. The van der Waals surface area contributed by atoms with Crippen molar-refractivity contribution in [2.24, 2.45) is 0 Å². The largest absolute Gasteiger partial charge is 0.303 e. The lowest BCUT2D eigenvalue weighted by Gasteiger charge is -1.85. The monoisotopic (exact) mass is 164 g/mol. The highest BCUT2D eigenvalue weighted by Gasteiger charge is 1.80. The Kier molecular flexibility index (Phi) is 20.2. The Morgan fingerprint density at radius 1 is 1.30 bits per heavy atom. The first kappa shape index (κ1) is 12.6. The van der Waals surface area contributed by atoms with E-state index in [4.69, 9.17) is 11.6 Å². The summed E-state index contributed by atoms with van der Waals surface area (Å²) in [5.74, 6) is 0.722. The van der Waals surface area contributed by atoms with E-state index < -0.39 is 0 Å². The van der Waals surface area contributed by atoms with E-state index in [9.17, 15) is 4.79 Å². The molecule has 0 aromatic rings. The van der Waals surface area contributed by atoms with Gasteiger partial charge in [0, 0.05) is 12.3 Å². The SMILES string of the molecule is CCCCCC=O.CCCl. The van der Waals surface area contributed by atoms with Crippen LogP contribution in [0.1, 0.15) is 39.5 Å². The average molecular weight is 165 g/mol. The fourth-order valence-electron chi connectivity index (χ4n) is 0.478. The second-order valence-electron chi connectivity index (χ2n) is 1.93. The van der Waals surface area contributed by atoms with E-state index in [0.29, 0.717) is 0 Å². The minimum absolute atomic E-state index is 0.722. The standard InChI is InChI=1S/C6H12O.C2H5Cl/c1-2-3-4-5-6-7;1-2-3/h6H,2-5H2,1H3;2H2,1H3. The quantitative estimate of drug-likeness (QED) is 0.355. The lowest BCUT2D eigenvalue weighted by molar-refractivity contribution is -0.107. The lowest BCUT2D eigenvalue weighted by atomic mass is 10.2. The van der Waals surface area contributed by atoms with Gasteiger partial charge in [0.15, 0.2) is 0 Å². The molecule has 0 heterocycles. The van der Waals surface area contributed by atoms with Gasteiger partial charge in [-0.25, -0.2) is 0 Å². The second-order valence-corrected chi connectivity index (χ2v) is 2.46. The predicted molar refractivity (Wildman–Crippen MR) is 46.6 cm³/mol. The van der Waals surface area contributed by atoms with Gasteiger partial charge in [-0.3, -0.25) is 0 Å². The number of carbonyl (C=O) groups excluding carboxylic acids is 1. The van der Waals surface area contributed by atoms with Crippen molar-refractivity contribution in [3.05, 3.63) is 0 Å². The summed E-state index contributed by atoms with van der Waals surface area (Å²) < 4.78 is 0. The molecular formula is C8H17ClO. The van der Waals surface area contributed by atoms with Crippen LogP contribution in [0.25, 0.3) is 0 Å². The van der Waals surface area contributed by atoms with Crippen molar-refractivity contribution < 1.29 is 4.79 Å². The molecule has 0 fully saturated rings. The third-order valence-corrected chi connectivity index (χ3v) is 0.926. The first-order valence-electron chi connectivity index (χ1n) is 3.83. The molecule has 0 aliphatic carbocycles. The Labute approximate surface area is 68.8 Å². The molecule has 0 bridgehead atoms. The van der Waals surface area contributed by atoms with Gasteiger partial charge in [-0.2, -0.15) is 0 Å². The highest BCUT2D eigenvalue weighted by molar-refractivity contribution is 6.17. The van der Waals surface area contributed by atoms with Crippen LogP contribution in [0.2, 0.25) is 0 Å². The van der Waals surface area contributed by atoms with E-state index >= 15 is 0 Å². The van der Waals surface area contributed by atoms with E-state index in [-0.39, 0.29) is 0 Å². The van der Waals surface area contributed by atoms with Gasteiger partial charge < -0.3 is 4.79 Å². The average Bonchev–Trinajstić information content (AvgIpc) is 1.91. The van der Waals surface area contributed by atoms with Crippen LogP contribution in [0.4, 0.5) is 0 Å². The second kappa shape index (κ2) is 16.0. The van der Waals surface area contributed by atoms with Crippen molar-refractivity contribution in [2.75, 3.05) is 5.88 Å². The van der Waals surface area contributed by atoms with Crippen molar-refractivity contribution >= 4 is 17.9 Å². The van der Waals surface area contributed by atoms with Crippen LogP contribution in [-0.2, 0) is 4.79 Å². The Balaban J connectivity index is 0. The smallest absolute Gasteiger partial charge is 0.119 e. The van der Waals surface area contributed by atoms with Crippen molar-refractivity contribution in [1.29, 1.82) is 0 Å². The summed E-state index contributed by atoms with van der Waals surface area (Å²) in [6.45, 7) is 4.02. The Morgan fingerprint density at radius 2 is 1.80 bits per heavy atom. The molecule has 1 nitrogen and oxygen atoms in total. The number of carbonyl (C=O) groups is 1. The third-order valence-electron chi connectivity index (χ3n) is 0.926. The molecule has 0 unspecified atom stereocenters. The molecule has 0 rings (SSSR count). The fraction of sp³-hybridized carbons (Fsp3) is 0.875. The molecule has 0 N–H and O–H groups in total. The minimum atomic E-state index is 0.722. The predicted octanol–water partition coefficient (Wildman–Crippen LogP) is 3.01. The molecule has 0 saturated carbocycles. The van der Waals surface area contributed by atoms with Gasteiger partial charge in [0.05, 0.1) is 0 Å². The number of rotatable bonds is 4. The van der Waals surface area contributed by atoms with E-state index in [1.165, 1.54) is 12.8 Å². The number of aldehydes is 1. The number of alkyl halides is 1. The van der Waals surface area contributed by atoms with Crippen molar-refractivity contribution in [1.82, 2.24) is 0 Å². The lowest BCUT2D eigenvalue weighted by Crippen LogP contribution is -1.73. The third kappa shape index (κ3) is 24.6. The number of unbranched alkanes of at least 4 members (excludes halogenated alkanes) is 3. The van der Waals surface area contributed by atoms with Crippen molar-refractivity contribution in [3.8, 4) is 0 Å². The van der Waals surface area contributed by atoms with E-state index in [1.807, 2.05) is 6.92 Å². The van der Waals surface area contributed by atoms with Crippen LogP contribution in [0.15, 0.2) is 0 Å². The summed E-state index contributed by atoms with van der Waals surface area (Å²) in [6, 6.07) is 0. The summed E-state index contributed by atoms with van der Waals surface area (Å²) in [4.78, 5) is 9.68. The van der Waals surface area contributed by atoms with E-state index in [0.717, 1.165) is 25.0 Å². The van der Waals surface area contributed by atoms with Gasteiger partial charge in [0.25, 0.3) is 0 Å². The van der Waals surface area contributed by atoms with Gasteiger partial charge >= 0.3 is 0 Å². The van der Waals surface area contributed by atoms with Gasteiger partial charge in [-0.05, 0) is 6.42 Å². The molecule has 0 aliphatic heterocycles. The van der Waals surface area contributed by atoms with E-state index in [2.05, 4.69) is 6.92 Å². The number of hydrogen-bond donors (Lipinski definition) is 0. The van der Waals surface area contributed by atoms with Gasteiger partial charge in [-0.15, -0.1) is 11.6 Å². The van der Waals surface area contributed by atoms with Crippen molar-refractivity contribution in [3.63, 3.8) is 0 Å². The molecule has 0 saturated heterocycles. The molecule has 10 heavy (non-hydrogen) atoms. The number of hydrogen-bond acceptors (Lipinski definition) is 1. The minimum Gasteiger partial charge on any atom is -0.303 e. The maximum absolute atomic E-state index is 9.68. The molecule has 2 heteroatoms. The molecule has 0 aromatic heterocycles. The molecule has 0 aliphatic rings. The topological polar surface area (TPSA) is 17.1 Å².